The van der Waals surface area contributed by atoms with E-state index in [4.69, 9.17) is 5.73 Å². The smallest absolute Gasteiger partial charge is 0.292 e. The van der Waals surface area contributed by atoms with Gasteiger partial charge in [0.05, 0.1) is 17.1 Å². The monoisotopic (exact) mass is 293 g/mol. The van der Waals surface area contributed by atoms with E-state index < -0.39 is 11.0 Å². The third-order valence-electron chi connectivity index (χ3n) is 3.99. The molecule has 0 bridgehead atoms. The summed E-state index contributed by atoms with van der Waals surface area (Å²) >= 11 is 0. The lowest BCUT2D eigenvalue weighted by Gasteiger charge is -2.35. The number of aliphatic hydroxyl groups is 1. The molecule has 0 aromatic heterocycles. The molecule has 1 aromatic rings. The Hall–Kier alpha value is -2.15. The largest absolute Gasteiger partial charge is 0.393 e. The van der Waals surface area contributed by atoms with Crippen molar-refractivity contribution < 1.29 is 14.8 Å². The van der Waals surface area contributed by atoms with Crippen LogP contribution in [0.3, 0.4) is 0 Å². The molecule has 0 heterocycles. The predicted molar refractivity (Wildman–Crippen MR) is 77.9 cm³/mol. The number of likely N-dealkylation sites (N-methyl/N-ethyl adjacent to an activating group) is 1. The van der Waals surface area contributed by atoms with Crippen LogP contribution in [0, 0.1) is 10.1 Å². The number of hydrogen-bond acceptors (Lipinski definition) is 5. The van der Waals surface area contributed by atoms with Crippen molar-refractivity contribution in [3.63, 3.8) is 0 Å². The lowest BCUT2D eigenvalue weighted by atomic mass is 9.91. The van der Waals surface area contributed by atoms with E-state index in [0.717, 1.165) is 19.3 Å². The number of amides is 1. The van der Waals surface area contributed by atoms with Crippen LogP contribution in [0.2, 0.25) is 0 Å². The van der Waals surface area contributed by atoms with E-state index in [1.54, 1.807) is 7.05 Å². The molecule has 21 heavy (non-hydrogen) atoms. The molecule has 0 aliphatic heterocycles. The van der Waals surface area contributed by atoms with Crippen LogP contribution in [0.15, 0.2) is 18.2 Å². The number of anilines is 1. The van der Waals surface area contributed by atoms with E-state index in [2.05, 4.69) is 0 Å². The van der Waals surface area contributed by atoms with Gasteiger partial charge in [0.25, 0.3) is 11.6 Å². The lowest BCUT2D eigenvalue weighted by molar-refractivity contribution is -0.383. The Kier molecular flexibility index (Phi) is 4.42. The summed E-state index contributed by atoms with van der Waals surface area (Å²) in [6, 6.07) is 3.76. The molecule has 2 atom stereocenters. The van der Waals surface area contributed by atoms with E-state index in [-0.39, 0.29) is 28.9 Å². The first-order valence-corrected chi connectivity index (χ1v) is 6.91. The van der Waals surface area contributed by atoms with Crippen molar-refractivity contribution in [2.75, 3.05) is 12.8 Å². The molecular formula is C14H19N3O4. The second kappa shape index (κ2) is 6.09. The number of rotatable bonds is 3. The maximum atomic E-state index is 12.4. The number of nitrogens with two attached hydrogens (primary N) is 1. The van der Waals surface area contributed by atoms with Crippen LogP contribution < -0.4 is 5.73 Å². The highest BCUT2D eigenvalue weighted by Crippen LogP contribution is 2.26. The van der Waals surface area contributed by atoms with E-state index in [1.165, 1.54) is 23.1 Å². The van der Waals surface area contributed by atoms with Gasteiger partial charge >= 0.3 is 0 Å². The lowest BCUT2D eigenvalue weighted by Crippen LogP contribution is -2.46. The van der Waals surface area contributed by atoms with E-state index in [9.17, 15) is 20.0 Å². The number of nitrogens with zero attached hydrogens (tertiary/aromatic N) is 2. The first-order chi connectivity index (χ1) is 9.91. The predicted octanol–water partition coefficient (Wildman–Crippen LogP) is 1.55. The minimum absolute atomic E-state index is 0.0249. The highest BCUT2D eigenvalue weighted by atomic mass is 16.6. The Labute approximate surface area is 122 Å². The van der Waals surface area contributed by atoms with Gasteiger partial charge in [0.1, 0.15) is 5.69 Å². The molecule has 0 spiro atoms. The minimum Gasteiger partial charge on any atom is -0.393 e. The molecule has 1 saturated carbocycles. The van der Waals surface area contributed by atoms with Crippen molar-refractivity contribution >= 4 is 17.3 Å². The summed E-state index contributed by atoms with van der Waals surface area (Å²) < 4.78 is 0. The van der Waals surface area contributed by atoms with E-state index in [1.807, 2.05) is 0 Å². The van der Waals surface area contributed by atoms with E-state index >= 15 is 0 Å². The molecule has 1 amide bonds. The summed E-state index contributed by atoms with van der Waals surface area (Å²) in [5.41, 5.74) is 5.48. The van der Waals surface area contributed by atoms with Gasteiger partial charge in [-0.1, -0.05) is 12.8 Å². The van der Waals surface area contributed by atoms with Crippen molar-refractivity contribution in [1.82, 2.24) is 4.90 Å². The van der Waals surface area contributed by atoms with Gasteiger partial charge in [0.15, 0.2) is 0 Å². The van der Waals surface area contributed by atoms with Gasteiger partial charge in [-0.2, -0.15) is 0 Å². The maximum Gasteiger partial charge on any atom is 0.292 e. The third kappa shape index (κ3) is 3.13. The van der Waals surface area contributed by atoms with Gasteiger partial charge < -0.3 is 15.7 Å². The van der Waals surface area contributed by atoms with Crippen LogP contribution in [0.1, 0.15) is 36.0 Å². The summed E-state index contributed by atoms with van der Waals surface area (Å²) in [5.74, 6) is -0.343. The molecule has 1 aromatic carbocycles. The number of nitro groups is 1. The van der Waals surface area contributed by atoms with Gasteiger partial charge in [-0.05, 0) is 25.0 Å². The Bertz CT molecular complexity index is 561. The van der Waals surface area contributed by atoms with Crippen LogP contribution >= 0.6 is 0 Å². The average Bonchev–Trinajstić information content (AvgIpc) is 2.46. The van der Waals surface area contributed by atoms with Crippen LogP contribution in [0.25, 0.3) is 0 Å². The molecule has 7 heteroatoms. The van der Waals surface area contributed by atoms with Crippen molar-refractivity contribution in [2.45, 2.75) is 37.8 Å². The molecule has 0 radical (unpaired) electrons. The molecule has 1 fully saturated rings. The number of aliphatic hydroxyl groups excluding tert-OH is 1. The standard InChI is InChI=1S/C14H19N3O4/c1-16(11-4-2-3-5-13(11)18)14(19)9-6-7-10(15)12(8-9)17(20)21/h6-8,11,13,18H,2-5,15H2,1H3. The SMILES string of the molecule is CN(C(=O)c1ccc(N)c([N+](=O)[O-])c1)C1CCCCC1O. The molecule has 3 N–H and O–H groups in total. The Morgan fingerprint density at radius 3 is 2.71 bits per heavy atom. The number of hydrogen-bond donors (Lipinski definition) is 2. The summed E-state index contributed by atoms with van der Waals surface area (Å²) in [7, 11) is 1.61. The molecule has 2 rings (SSSR count). The molecule has 2 unspecified atom stereocenters. The molecule has 1 aliphatic carbocycles. The number of carbonyl (C=O) groups is 1. The molecule has 114 valence electrons. The third-order valence-corrected chi connectivity index (χ3v) is 3.99. The first-order valence-electron chi connectivity index (χ1n) is 6.91. The zero-order valence-electron chi connectivity index (χ0n) is 11.9. The van der Waals surface area contributed by atoms with Crippen molar-refractivity contribution in [2.24, 2.45) is 0 Å². The van der Waals surface area contributed by atoms with Crippen LogP contribution in [0.4, 0.5) is 11.4 Å². The highest BCUT2D eigenvalue weighted by molar-refractivity contribution is 5.95. The summed E-state index contributed by atoms with van der Waals surface area (Å²) in [6.07, 6.45) is 2.77. The van der Waals surface area contributed by atoms with Crippen molar-refractivity contribution in [1.29, 1.82) is 0 Å². The van der Waals surface area contributed by atoms with Gasteiger partial charge in [0.2, 0.25) is 0 Å². The Morgan fingerprint density at radius 2 is 2.10 bits per heavy atom. The second-order valence-corrected chi connectivity index (χ2v) is 5.37. The normalized spacial score (nSPS) is 21.8. The summed E-state index contributed by atoms with van der Waals surface area (Å²) in [6.45, 7) is 0. The zero-order valence-corrected chi connectivity index (χ0v) is 11.9. The van der Waals surface area contributed by atoms with Gasteiger partial charge in [-0.15, -0.1) is 0 Å². The first kappa shape index (κ1) is 15.2. The van der Waals surface area contributed by atoms with Gasteiger partial charge in [-0.25, -0.2) is 0 Å². The fourth-order valence-electron chi connectivity index (χ4n) is 2.73. The molecular weight excluding hydrogens is 274 g/mol. The van der Waals surface area contributed by atoms with Crippen LogP contribution in [-0.2, 0) is 0 Å². The van der Waals surface area contributed by atoms with E-state index in [0.29, 0.717) is 6.42 Å². The summed E-state index contributed by atoms with van der Waals surface area (Å²) in [4.78, 5) is 24.2. The summed E-state index contributed by atoms with van der Waals surface area (Å²) in [5, 5.41) is 20.9. The topological polar surface area (TPSA) is 110 Å². The zero-order chi connectivity index (χ0) is 15.6. The maximum absolute atomic E-state index is 12.4. The van der Waals surface area contributed by atoms with Crippen molar-refractivity contribution in [3.05, 3.63) is 33.9 Å². The Balaban J connectivity index is 2.23. The molecule has 1 aliphatic rings. The quantitative estimate of drug-likeness (QED) is 0.499. The fourth-order valence-corrected chi connectivity index (χ4v) is 2.73. The fraction of sp³-hybridized carbons (Fsp3) is 0.500. The molecule has 0 saturated heterocycles. The average molecular weight is 293 g/mol. The highest BCUT2D eigenvalue weighted by Gasteiger charge is 2.30. The minimum atomic E-state index is -0.610. The number of benzene rings is 1. The Morgan fingerprint density at radius 1 is 1.43 bits per heavy atom. The number of nitro benzene ring substituents is 1. The number of carbonyl (C=O) groups excluding carboxylic acids is 1. The second-order valence-electron chi connectivity index (χ2n) is 5.37. The van der Waals surface area contributed by atoms with Crippen LogP contribution in [-0.4, -0.2) is 40.0 Å². The molecule has 7 nitrogen and oxygen atoms in total. The van der Waals surface area contributed by atoms with Crippen molar-refractivity contribution in [3.8, 4) is 0 Å². The van der Waals surface area contributed by atoms with Gasteiger partial charge in [-0.3, -0.25) is 14.9 Å². The number of nitrogen functional groups attached to an aromatic ring is 1. The van der Waals surface area contributed by atoms with Gasteiger partial charge in [0, 0.05) is 18.7 Å². The van der Waals surface area contributed by atoms with Crippen LogP contribution in [0.5, 0.6) is 0 Å².